The van der Waals surface area contributed by atoms with E-state index < -0.39 is 0 Å². The summed E-state index contributed by atoms with van der Waals surface area (Å²) in [5.74, 6) is 0.681. The van der Waals surface area contributed by atoms with Gasteiger partial charge in [0.05, 0.1) is 0 Å². The molecule has 0 spiro atoms. The first-order valence-electron chi connectivity index (χ1n) is 8.13. The number of nitrogens with one attached hydrogen (secondary N) is 1. The van der Waals surface area contributed by atoms with Gasteiger partial charge in [0.1, 0.15) is 0 Å². The van der Waals surface area contributed by atoms with Crippen molar-refractivity contribution >= 4 is 5.69 Å². The fourth-order valence-corrected chi connectivity index (χ4v) is 2.55. The van der Waals surface area contributed by atoms with Crippen LogP contribution in [0.3, 0.4) is 0 Å². The highest BCUT2D eigenvalue weighted by atomic mass is 16.3. The summed E-state index contributed by atoms with van der Waals surface area (Å²) in [6.45, 7) is 14.2. The van der Waals surface area contributed by atoms with Crippen LogP contribution in [0.5, 0.6) is 0 Å². The Bertz CT molecular complexity index is 416. The smallest absolute Gasteiger partial charge is 0.0447 e. The third-order valence-corrected chi connectivity index (χ3v) is 3.63. The minimum absolute atomic E-state index is 0.249. The molecule has 21 heavy (non-hydrogen) atoms. The maximum absolute atomic E-state index is 9.06. The van der Waals surface area contributed by atoms with Crippen molar-refractivity contribution in [3.8, 4) is 0 Å². The molecule has 0 radical (unpaired) electrons. The average molecular weight is 292 g/mol. The SMILES string of the molecule is Cc1cc(CNCC(C)C)ccc1N(CCCO)C(C)C. The highest BCUT2D eigenvalue weighted by molar-refractivity contribution is 5.55. The lowest BCUT2D eigenvalue weighted by molar-refractivity contribution is 0.288. The lowest BCUT2D eigenvalue weighted by Crippen LogP contribution is -2.32. The van der Waals surface area contributed by atoms with Crippen LogP contribution in [0.4, 0.5) is 5.69 Å². The van der Waals surface area contributed by atoms with Crippen LogP contribution < -0.4 is 10.2 Å². The van der Waals surface area contributed by atoms with E-state index in [-0.39, 0.29) is 6.61 Å². The average Bonchev–Trinajstić information content (AvgIpc) is 2.40. The number of rotatable bonds is 9. The summed E-state index contributed by atoms with van der Waals surface area (Å²) in [5.41, 5.74) is 3.93. The fourth-order valence-electron chi connectivity index (χ4n) is 2.55. The summed E-state index contributed by atoms with van der Waals surface area (Å²) < 4.78 is 0. The lowest BCUT2D eigenvalue weighted by Gasteiger charge is -2.30. The van der Waals surface area contributed by atoms with E-state index in [9.17, 15) is 0 Å². The van der Waals surface area contributed by atoms with Crippen LogP contribution in [0.2, 0.25) is 0 Å². The van der Waals surface area contributed by atoms with Crippen molar-refractivity contribution in [2.75, 3.05) is 24.6 Å². The lowest BCUT2D eigenvalue weighted by atomic mass is 10.1. The second kappa shape index (κ2) is 9.06. The Kier molecular flexibility index (Phi) is 7.76. The van der Waals surface area contributed by atoms with Crippen molar-refractivity contribution in [2.24, 2.45) is 5.92 Å². The maximum atomic E-state index is 9.06. The molecule has 0 aliphatic rings. The highest BCUT2D eigenvalue weighted by Crippen LogP contribution is 2.23. The Morgan fingerprint density at radius 3 is 2.43 bits per heavy atom. The third-order valence-electron chi connectivity index (χ3n) is 3.63. The number of benzene rings is 1. The molecule has 0 aromatic heterocycles. The molecule has 0 aliphatic heterocycles. The van der Waals surface area contributed by atoms with Crippen LogP contribution in [0, 0.1) is 12.8 Å². The first kappa shape index (κ1) is 18.0. The van der Waals surface area contributed by atoms with E-state index >= 15 is 0 Å². The number of aliphatic hydroxyl groups is 1. The molecule has 0 aliphatic carbocycles. The van der Waals surface area contributed by atoms with E-state index in [0.717, 1.165) is 26.1 Å². The van der Waals surface area contributed by atoms with Gasteiger partial charge in [-0.05, 0) is 56.8 Å². The Morgan fingerprint density at radius 2 is 1.90 bits per heavy atom. The molecule has 0 saturated heterocycles. The van der Waals surface area contributed by atoms with Crippen LogP contribution in [0.25, 0.3) is 0 Å². The van der Waals surface area contributed by atoms with Crippen molar-refractivity contribution in [1.29, 1.82) is 0 Å². The van der Waals surface area contributed by atoms with E-state index in [0.29, 0.717) is 12.0 Å². The van der Waals surface area contributed by atoms with Gasteiger partial charge in [0, 0.05) is 31.4 Å². The normalized spacial score (nSPS) is 11.4. The highest BCUT2D eigenvalue weighted by Gasteiger charge is 2.12. The molecule has 1 rings (SSSR count). The van der Waals surface area contributed by atoms with Crippen molar-refractivity contribution in [1.82, 2.24) is 5.32 Å². The molecular weight excluding hydrogens is 260 g/mol. The van der Waals surface area contributed by atoms with E-state index in [1.807, 2.05) is 0 Å². The van der Waals surface area contributed by atoms with Gasteiger partial charge in [0.25, 0.3) is 0 Å². The second-order valence-corrected chi connectivity index (χ2v) is 6.51. The van der Waals surface area contributed by atoms with Crippen LogP contribution in [0.1, 0.15) is 45.2 Å². The van der Waals surface area contributed by atoms with Gasteiger partial charge < -0.3 is 15.3 Å². The summed E-state index contributed by atoms with van der Waals surface area (Å²) in [6, 6.07) is 7.15. The number of aryl methyl sites for hydroxylation is 1. The molecule has 3 heteroatoms. The number of aliphatic hydroxyl groups excluding tert-OH is 1. The van der Waals surface area contributed by atoms with Crippen LogP contribution in [-0.4, -0.2) is 30.8 Å². The quantitative estimate of drug-likeness (QED) is 0.733. The molecule has 1 aromatic rings. The van der Waals surface area contributed by atoms with Crippen LogP contribution >= 0.6 is 0 Å². The van der Waals surface area contributed by atoms with Crippen molar-refractivity contribution < 1.29 is 5.11 Å². The summed E-state index contributed by atoms with van der Waals surface area (Å²) in [6.07, 6.45) is 0.815. The molecule has 0 unspecified atom stereocenters. The number of anilines is 1. The van der Waals surface area contributed by atoms with Gasteiger partial charge >= 0.3 is 0 Å². The van der Waals surface area contributed by atoms with Crippen LogP contribution in [0.15, 0.2) is 18.2 Å². The molecule has 0 heterocycles. The van der Waals surface area contributed by atoms with Crippen LogP contribution in [-0.2, 0) is 6.54 Å². The van der Waals surface area contributed by atoms with E-state index in [1.165, 1.54) is 16.8 Å². The van der Waals surface area contributed by atoms with Gasteiger partial charge in [-0.25, -0.2) is 0 Å². The predicted octanol–water partition coefficient (Wildman–Crippen LogP) is 3.34. The number of hydrogen-bond donors (Lipinski definition) is 2. The molecule has 0 amide bonds. The Labute approximate surface area is 130 Å². The molecule has 0 saturated carbocycles. The Hall–Kier alpha value is -1.06. The van der Waals surface area contributed by atoms with Gasteiger partial charge in [0.2, 0.25) is 0 Å². The van der Waals surface area contributed by atoms with Gasteiger partial charge in [-0.2, -0.15) is 0 Å². The standard InChI is InChI=1S/C18H32N2O/c1-14(2)12-19-13-17-7-8-18(16(5)11-17)20(15(3)4)9-6-10-21/h7-8,11,14-15,19,21H,6,9-10,12-13H2,1-5H3. The predicted molar refractivity (Wildman–Crippen MR) is 91.9 cm³/mol. The number of nitrogens with zero attached hydrogens (tertiary/aromatic N) is 1. The summed E-state index contributed by atoms with van der Waals surface area (Å²) in [4.78, 5) is 2.37. The fraction of sp³-hybridized carbons (Fsp3) is 0.667. The van der Waals surface area contributed by atoms with E-state index in [2.05, 4.69) is 63.0 Å². The molecule has 2 N–H and O–H groups in total. The van der Waals surface area contributed by atoms with Crippen molar-refractivity contribution in [3.05, 3.63) is 29.3 Å². The van der Waals surface area contributed by atoms with E-state index in [1.54, 1.807) is 0 Å². The topological polar surface area (TPSA) is 35.5 Å². The van der Waals surface area contributed by atoms with Crippen molar-refractivity contribution in [2.45, 2.75) is 53.6 Å². The van der Waals surface area contributed by atoms with E-state index in [4.69, 9.17) is 5.11 Å². The van der Waals surface area contributed by atoms with Gasteiger partial charge in [-0.3, -0.25) is 0 Å². The summed E-state index contributed by atoms with van der Waals surface area (Å²) in [7, 11) is 0. The molecule has 0 fully saturated rings. The molecule has 120 valence electrons. The summed E-state index contributed by atoms with van der Waals surface area (Å²) >= 11 is 0. The minimum Gasteiger partial charge on any atom is -0.396 e. The summed E-state index contributed by atoms with van der Waals surface area (Å²) in [5, 5.41) is 12.6. The zero-order valence-corrected chi connectivity index (χ0v) is 14.3. The van der Waals surface area contributed by atoms with Gasteiger partial charge in [0.15, 0.2) is 0 Å². The first-order valence-corrected chi connectivity index (χ1v) is 8.13. The second-order valence-electron chi connectivity index (χ2n) is 6.51. The Balaban J connectivity index is 2.75. The molecular formula is C18H32N2O. The first-order chi connectivity index (χ1) is 9.95. The minimum atomic E-state index is 0.249. The monoisotopic (exact) mass is 292 g/mol. The molecule has 1 aromatic carbocycles. The zero-order chi connectivity index (χ0) is 15.8. The maximum Gasteiger partial charge on any atom is 0.0447 e. The molecule has 3 nitrogen and oxygen atoms in total. The number of hydrogen-bond acceptors (Lipinski definition) is 3. The van der Waals surface area contributed by atoms with Gasteiger partial charge in [-0.1, -0.05) is 26.0 Å². The van der Waals surface area contributed by atoms with Crippen molar-refractivity contribution in [3.63, 3.8) is 0 Å². The molecule has 0 atom stereocenters. The van der Waals surface area contributed by atoms with Gasteiger partial charge in [-0.15, -0.1) is 0 Å². The molecule has 0 bridgehead atoms. The zero-order valence-electron chi connectivity index (χ0n) is 14.3. The third kappa shape index (κ3) is 6.06. The Morgan fingerprint density at radius 1 is 1.19 bits per heavy atom. The largest absolute Gasteiger partial charge is 0.396 e.